The van der Waals surface area contributed by atoms with Gasteiger partial charge in [-0.15, -0.1) is 0 Å². The predicted molar refractivity (Wildman–Crippen MR) is 78.5 cm³/mol. The summed E-state index contributed by atoms with van der Waals surface area (Å²) in [7, 11) is 0. The first-order valence-corrected chi connectivity index (χ1v) is 6.70. The summed E-state index contributed by atoms with van der Waals surface area (Å²) >= 11 is 11.7. The van der Waals surface area contributed by atoms with Crippen LogP contribution in [0, 0.1) is 6.92 Å². The Morgan fingerprint density at radius 2 is 2.20 bits per heavy atom. The minimum atomic E-state index is -0.173. The van der Waals surface area contributed by atoms with Gasteiger partial charge in [0.25, 0.3) is 5.91 Å². The molecule has 2 N–H and O–H groups in total. The molecule has 2 rings (SSSR count). The zero-order chi connectivity index (χ0) is 14.5. The molecule has 0 spiro atoms. The number of aromatic nitrogens is 1. The molecule has 20 heavy (non-hydrogen) atoms. The fourth-order valence-electron chi connectivity index (χ4n) is 1.62. The van der Waals surface area contributed by atoms with Crippen molar-refractivity contribution in [2.24, 2.45) is 0 Å². The van der Waals surface area contributed by atoms with Gasteiger partial charge < -0.3 is 15.1 Å². The normalized spacial score (nSPS) is 10.3. The van der Waals surface area contributed by atoms with Crippen LogP contribution in [0.4, 0.5) is 5.82 Å². The number of pyridine rings is 1. The van der Waals surface area contributed by atoms with E-state index < -0.39 is 0 Å². The van der Waals surface area contributed by atoms with E-state index in [1.807, 2.05) is 0 Å². The number of carbonyl (C=O) groups excluding carboxylic acids is 1. The highest BCUT2D eigenvalue weighted by molar-refractivity contribution is 6.35. The lowest BCUT2D eigenvalue weighted by molar-refractivity contribution is 0.0953. The molecule has 0 fully saturated rings. The fraction of sp³-hybridized carbons (Fsp3) is 0.231. The Kier molecular flexibility index (Phi) is 4.87. The molecule has 0 aliphatic carbocycles. The Hall–Kier alpha value is -1.72. The fourth-order valence-corrected chi connectivity index (χ4v) is 2.06. The molecule has 0 radical (unpaired) electrons. The molecule has 0 saturated heterocycles. The predicted octanol–water partition coefficient (Wildman–Crippen LogP) is 3.13. The van der Waals surface area contributed by atoms with E-state index >= 15 is 0 Å². The number of hydrogen-bond donors (Lipinski definition) is 2. The van der Waals surface area contributed by atoms with E-state index in [4.69, 9.17) is 27.6 Å². The molecule has 106 valence electrons. The lowest BCUT2D eigenvalue weighted by Crippen LogP contribution is -2.29. The Morgan fingerprint density at radius 1 is 1.40 bits per heavy atom. The summed E-state index contributed by atoms with van der Waals surface area (Å²) in [6.07, 6.45) is 2.99. The third kappa shape index (κ3) is 3.65. The molecule has 2 heterocycles. The number of anilines is 1. The molecule has 0 atom stereocenters. The Morgan fingerprint density at radius 3 is 2.85 bits per heavy atom. The molecule has 5 nitrogen and oxygen atoms in total. The van der Waals surface area contributed by atoms with Crippen LogP contribution in [-0.2, 0) is 0 Å². The highest BCUT2D eigenvalue weighted by atomic mass is 35.5. The summed E-state index contributed by atoms with van der Waals surface area (Å²) in [5.41, 5.74) is 0.535. The van der Waals surface area contributed by atoms with Gasteiger partial charge in [0, 0.05) is 19.3 Å². The van der Waals surface area contributed by atoms with Gasteiger partial charge in [0.05, 0.1) is 21.9 Å². The summed E-state index contributed by atoms with van der Waals surface area (Å²) in [5, 5.41) is 6.70. The summed E-state index contributed by atoms with van der Waals surface area (Å²) in [6, 6.07) is 3.24. The number of aryl methyl sites for hydroxylation is 1. The van der Waals surface area contributed by atoms with Crippen molar-refractivity contribution in [3.63, 3.8) is 0 Å². The maximum Gasteiger partial charge on any atom is 0.254 e. The number of hydrogen-bond acceptors (Lipinski definition) is 4. The van der Waals surface area contributed by atoms with E-state index in [-0.39, 0.29) is 5.91 Å². The van der Waals surface area contributed by atoms with Crippen molar-refractivity contribution in [3.8, 4) is 0 Å². The first-order chi connectivity index (χ1) is 9.58. The minimum absolute atomic E-state index is 0.173. The Bertz CT molecular complexity index is 613. The number of amides is 1. The average Bonchev–Trinajstić information content (AvgIpc) is 2.83. The maximum atomic E-state index is 11.8. The lowest BCUT2D eigenvalue weighted by Gasteiger charge is -2.08. The third-order valence-corrected chi connectivity index (χ3v) is 3.11. The van der Waals surface area contributed by atoms with Crippen molar-refractivity contribution in [2.45, 2.75) is 6.92 Å². The monoisotopic (exact) mass is 313 g/mol. The summed E-state index contributed by atoms with van der Waals surface area (Å²) < 4.78 is 5.07. The van der Waals surface area contributed by atoms with Crippen LogP contribution in [0.25, 0.3) is 0 Å². The number of carbonyl (C=O) groups is 1. The van der Waals surface area contributed by atoms with Crippen LogP contribution in [0.15, 0.2) is 29.0 Å². The van der Waals surface area contributed by atoms with E-state index in [9.17, 15) is 4.79 Å². The van der Waals surface area contributed by atoms with Crippen LogP contribution in [0.2, 0.25) is 10.0 Å². The number of furan rings is 1. The average molecular weight is 314 g/mol. The van der Waals surface area contributed by atoms with Gasteiger partial charge in [-0.1, -0.05) is 23.2 Å². The quantitative estimate of drug-likeness (QED) is 0.832. The van der Waals surface area contributed by atoms with Crippen LogP contribution in [0.1, 0.15) is 16.1 Å². The molecule has 0 saturated carbocycles. The van der Waals surface area contributed by atoms with E-state index in [0.29, 0.717) is 40.3 Å². The number of nitrogens with zero attached hydrogens (tertiary/aromatic N) is 1. The molecule has 0 unspecified atom stereocenters. The van der Waals surface area contributed by atoms with Crippen LogP contribution in [0.5, 0.6) is 0 Å². The van der Waals surface area contributed by atoms with E-state index in [1.165, 1.54) is 12.5 Å². The summed E-state index contributed by atoms with van der Waals surface area (Å²) in [5.74, 6) is 0.955. The van der Waals surface area contributed by atoms with Gasteiger partial charge >= 0.3 is 0 Å². The minimum Gasteiger partial charge on any atom is -0.469 e. The SMILES string of the molecule is Cc1occc1C(=O)NCCNc1ncc(Cl)cc1Cl. The van der Waals surface area contributed by atoms with Crippen molar-refractivity contribution in [3.05, 3.63) is 46.0 Å². The Balaban J connectivity index is 1.79. The van der Waals surface area contributed by atoms with Gasteiger partial charge in [-0.05, 0) is 19.1 Å². The van der Waals surface area contributed by atoms with Gasteiger partial charge in [0.15, 0.2) is 0 Å². The molecule has 0 aliphatic heterocycles. The van der Waals surface area contributed by atoms with Crippen molar-refractivity contribution in [2.75, 3.05) is 18.4 Å². The molecule has 2 aromatic heterocycles. The number of rotatable bonds is 5. The lowest BCUT2D eigenvalue weighted by atomic mass is 10.2. The molecule has 1 amide bonds. The van der Waals surface area contributed by atoms with Crippen molar-refractivity contribution < 1.29 is 9.21 Å². The smallest absolute Gasteiger partial charge is 0.254 e. The van der Waals surface area contributed by atoms with Gasteiger partial charge in [-0.3, -0.25) is 4.79 Å². The number of nitrogens with one attached hydrogen (secondary N) is 2. The van der Waals surface area contributed by atoms with Gasteiger partial charge in [0.2, 0.25) is 0 Å². The molecule has 0 aromatic carbocycles. The standard InChI is InChI=1S/C13H13Cl2N3O2/c1-8-10(2-5-20-8)13(19)17-4-3-16-12-11(15)6-9(14)7-18-12/h2,5-7H,3-4H2,1H3,(H,16,18)(H,17,19). The first-order valence-electron chi connectivity index (χ1n) is 5.95. The maximum absolute atomic E-state index is 11.8. The van der Waals surface area contributed by atoms with Gasteiger partial charge in [-0.2, -0.15) is 0 Å². The first kappa shape index (κ1) is 14.7. The second kappa shape index (κ2) is 6.63. The van der Waals surface area contributed by atoms with Gasteiger partial charge in [-0.25, -0.2) is 4.98 Å². The van der Waals surface area contributed by atoms with Crippen molar-refractivity contribution >= 4 is 34.9 Å². The highest BCUT2D eigenvalue weighted by Crippen LogP contribution is 2.21. The summed E-state index contributed by atoms with van der Waals surface area (Å²) in [4.78, 5) is 15.8. The van der Waals surface area contributed by atoms with E-state index in [1.54, 1.807) is 19.1 Å². The Labute approximate surface area is 126 Å². The third-order valence-electron chi connectivity index (χ3n) is 2.61. The van der Waals surface area contributed by atoms with Gasteiger partial charge in [0.1, 0.15) is 11.6 Å². The van der Waals surface area contributed by atoms with Crippen molar-refractivity contribution in [1.82, 2.24) is 10.3 Å². The highest BCUT2D eigenvalue weighted by Gasteiger charge is 2.10. The molecular formula is C13H13Cl2N3O2. The molecule has 0 bridgehead atoms. The zero-order valence-electron chi connectivity index (χ0n) is 10.7. The topological polar surface area (TPSA) is 67.2 Å². The zero-order valence-corrected chi connectivity index (χ0v) is 12.3. The molecule has 2 aromatic rings. The molecule has 0 aliphatic rings. The summed E-state index contributed by atoms with van der Waals surface area (Å²) in [6.45, 7) is 2.67. The second-order valence-electron chi connectivity index (χ2n) is 4.06. The number of halogens is 2. The van der Waals surface area contributed by atoms with Crippen molar-refractivity contribution in [1.29, 1.82) is 0 Å². The van der Waals surface area contributed by atoms with E-state index in [0.717, 1.165) is 0 Å². The second-order valence-corrected chi connectivity index (χ2v) is 4.90. The largest absolute Gasteiger partial charge is 0.469 e. The molecular weight excluding hydrogens is 301 g/mol. The molecule has 7 heteroatoms. The van der Waals surface area contributed by atoms with E-state index in [2.05, 4.69) is 15.6 Å². The van der Waals surface area contributed by atoms with Crippen LogP contribution in [-0.4, -0.2) is 24.0 Å². The van der Waals surface area contributed by atoms with Crippen LogP contribution in [0.3, 0.4) is 0 Å². The van der Waals surface area contributed by atoms with Crippen LogP contribution < -0.4 is 10.6 Å². The van der Waals surface area contributed by atoms with Crippen LogP contribution >= 0.6 is 23.2 Å².